The lowest BCUT2D eigenvalue weighted by Gasteiger charge is -2.26. The van der Waals surface area contributed by atoms with Gasteiger partial charge in [0, 0.05) is 18.7 Å². The summed E-state index contributed by atoms with van der Waals surface area (Å²) in [5.74, 6) is 2.50. The molecule has 0 atom stereocenters. The number of hydrogen-bond donors (Lipinski definition) is 1. The van der Waals surface area contributed by atoms with Gasteiger partial charge in [0.1, 0.15) is 23.9 Å². The number of nitrogens with zero attached hydrogens (tertiary/aromatic N) is 1. The molecule has 1 heterocycles. The Labute approximate surface area is 155 Å². The molecule has 0 aromatic heterocycles. The topological polar surface area (TPSA) is 51.2 Å². The predicted molar refractivity (Wildman–Crippen MR) is 100 cm³/mol. The van der Waals surface area contributed by atoms with Gasteiger partial charge in [0.2, 0.25) is 0 Å². The van der Waals surface area contributed by atoms with Crippen molar-refractivity contribution in [3.63, 3.8) is 0 Å². The maximum Gasteiger partial charge on any atom is 0.177 e. The van der Waals surface area contributed by atoms with E-state index in [9.17, 15) is 5.11 Å². The molecule has 3 rings (SSSR count). The second-order valence-corrected chi connectivity index (χ2v) is 6.31. The number of aromatic hydroxyl groups is 1. The molecule has 26 heavy (non-hydrogen) atoms. The molecule has 0 spiro atoms. The van der Waals surface area contributed by atoms with Gasteiger partial charge in [-0.15, -0.1) is 0 Å². The first kappa shape index (κ1) is 18.4. The molecule has 5 nitrogen and oxygen atoms in total. The molecule has 5 heteroatoms. The van der Waals surface area contributed by atoms with Crippen LogP contribution in [-0.2, 0) is 0 Å². The largest absolute Gasteiger partial charge is 0.508 e. The smallest absolute Gasteiger partial charge is 0.177 e. The summed E-state index contributed by atoms with van der Waals surface area (Å²) < 4.78 is 17.1. The minimum absolute atomic E-state index is 0.0956. The van der Waals surface area contributed by atoms with Crippen LogP contribution < -0.4 is 14.2 Å². The maximum atomic E-state index is 9.56. The Morgan fingerprint density at radius 1 is 1.04 bits per heavy atom. The molecule has 1 radical (unpaired) electrons. The molecular weight excluding hydrogens is 330 g/mol. The lowest BCUT2D eigenvalue weighted by molar-refractivity contribution is 0.183. The number of ether oxygens (including phenoxy) is 3. The molecular formula is C21H26NO4. The van der Waals surface area contributed by atoms with Crippen LogP contribution in [-0.4, -0.2) is 42.9 Å². The van der Waals surface area contributed by atoms with Crippen LogP contribution in [0.1, 0.15) is 26.2 Å². The third-order valence-electron chi connectivity index (χ3n) is 4.32. The lowest BCUT2D eigenvalue weighted by Crippen LogP contribution is -2.33. The number of hydrogen-bond acceptors (Lipinski definition) is 5. The van der Waals surface area contributed by atoms with Crippen molar-refractivity contribution in [2.45, 2.75) is 26.2 Å². The monoisotopic (exact) mass is 356 g/mol. The molecule has 1 N–H and O–H groups in total. The summed E-state index contributed by atoms with van der Waals surface area (Å²) in [5, 5.41) is 9.56. The summed E-state index contributed by atoms with van der Waals surface area (Å²) in [7, 11) is 0. The fraction of sp³-hybridized carbons (Fsp3) is 0.429. The van der Waals surface area contributed by atoms with Gasteiger partial charge in [0.15, 0.2) is 11.5 Å². The maximum absolute atomic E-state index is 9.56. The van der Waals surface area contributed by atoms with Crippen LogP contribution in [0.4, 0.5) is 0 Å². The highest BCUT2D eigenvalue weighted by molar-refractivity contribution is 5.46. The van der Waals surface area contributed by atoms with E-state index < -0.39 is 0 Å². The number of rotatable bonds is 8. The second-order valence-electron chi connectivity index (χ2n) is 6.31. The highest BCUT2D eigenvalue weighted by atomic mass is 16.5. The van der Waals surface area contributed by atoms with Gasteiger partial charge in [-0.25, -0.2) is 0 Å². The first-order valence-corrected chi connectivity index (χ1v) is 9.25. The average molecular weight is 356 g/mol. The van der Waals surface area contributed by atoms with Crippen LogP contribution in [0.15, 0.2) is 36.4 Å². The zero-order valence-electron chi connectivity index (χ0n) is 15.2. The van der Waals surface area contributed by atoms with Crippen LogP contribution in [0.2, 0.25) is 0 Å². The van der Waals surface area contributed by atoms with Gasteiger partial charge in [-0.3, -0.25) is 4.90 Å². The Kier molecular flexibility index (Phi) is 6.61. The Bertz CT molecular complexity index is 681. The molecule has 1 saturated heterocycles. The van der Waals surface area contributed by atoms with Gasteiger partial charge >= 0.3 is 0 Å². The summed E-state index contributed by atoms with van der Waals surface area (Å²) in [6.45, 7) is 6.39. The zero-order chi connectivity index (χ0) is 18.2. The number of piperidine rings is 1. The molecule has 0 aliphatic carbocycles. The van der Waals surface area contributed by atoms with Gasteiger partial charge in [-0.2, -0.15) is 0 Å². The summed E-state index contributed by atoms with van der Waals surface area (Å²) in [6, 6.07) is 13.4. The van der Waals surface area contributed by atoms with E-state index >= 15 is 0 Å². The van der Waals surface area contributed by atoms with Gasteiger partial charge in [-0.1, -0.05) is 6.42 Å². The van der Waals surface area contributed by atoms with Crippen molar-refractivity contribution in [2.75, 3.05) is 32.8 Å². The Morgan fingerprint density at radius 3 is 2.50 bits per heavy atom. The second kappa shape index (κ2) is 9.34. The Hall–Kier alpha value is -2.40. The number of likely N-dealkylation sites (tertiary alicyclic amines) is 1. The third-order valence-corrected chi connectivity index (χ3v) is 4.32. The lowest BCUT2D eigenvalue weighted by atomic mass is 10.1. The fourth-order valence-corrected chi connectivity index (χ4v) is 2.99. The van der Waals surface area contributed by atoms with E-state index in [2.05, 4.69) is 11.0 Å². The van der Waals surface area contributed by atoms with Crippen LogP contribution in [0.25, 0.3) is 0 Å². The SMILES string of the molecule is CCOc1cc(O)c[c]c1Oc1ccc(OCCN2CCCCC2)cc1. The van der Waals surface area contributed by atoms with Crippen molar-refractivity contribution < 1.29 is 19.3 Å². The van der Waals surface area contributed by atoms with Gasteiger partial charge in [0.05, 0.1) is 6.61 Å². The standard InChI is InChI=1S/C21H26NO4/c1-2-24-21-16-17(23)6-11-20(21)26-19-9-7-18(8-10-19)25-15-14-22-12-4-3-5-13-22/h6-10,16,23H,2-5,12-15H2,1H3. The van der Waals surface area contributed by atoms with Crippen molar-refractivity contribution in [1.82, 2.24) is 4.90 Å². The minimum Gasteiger partial charge on any atom is -0.508 e. The predicted octanol–water partition coefficient (Wildman–Crippen LogP) is 4.25. The normalized spacial score (nSPS) is 14.8. The number of benzene rings is 2. The molecule has 1 fully saturated rings. The number of phenols is 1. The summed E-state index contributed by atoms with van der Waals surface area (Å²) in [5.41, 5.74) is 0. The third kappa shape index (κ3) is 5.30. The molecule has 2 aromatic carbocycles. The first-order valence-electron chi connectivity index (χ1n) is 9.25. The molecule has 0 amide bonds. The summed E-state index contributed by atoms with van der Waals surface area (Å²) in [4.78, 5) is 2.46. The van der Waals surface area contributed by atoms with E-state index in [4.69, 9.17) is 14.2 Å². The summed E-state index contributed by atoms with van der Waals surface area (Å²) >= 11 is 0. The molecule has 0 bridgehead atoms. The Morgan fingerprint density at radius 2 is 1.77 bits per heavy atom. The molecule has 2 aromatic rings. The van der Waals surface area contributed by atoms with Gasteiger partial charge < -0.3 is 19.3 Å². The van der Waals surface area contributed by atoms with E-state index in [1.807, 2.05) is 31.2 Å². The van der Waals surface area contributed by atoms with E-state index in [0.717, 1.165) is 12.3 Å². The summed E-state index contributed by atoms with van der Waals surface area (Å²) in [6.07, 6.45) is 3.94. The van der Waals surface area contributed by atoms with E-state index in [1.54, 1.807) is 0 Å². The van der Waals surface area contributed by atoms with Crippen molar-refractivity contribution >= 4 is 0 Å². The van der Waals surface area contributed by atoms with E-state index in [-0.39, 0.29) is 5.75 Å². The van der Waals surface area contributed by atoms with Gasteiger partial charge in [0.25, 0.3) is 0 Å². The van der Waals surface area contributed by atoms with Crippen molar-refractivity contribution in [1.29, 1.82) is 0 Å². The molecule has 0 saturated carbocycles. The van der Waals surface area contributed by atoms with Crippen LogP contribution in [0.3, 0.4) is 0 Å². The van der Waals surface area contributed by atoms with Gasteiger partial charge in [-0.05, 0) is 63.2 Å². The molecule has 0 unspecified atom stereocenters. The molecule has 1 aliphatic rings. The zero-order valence-corrected chi connectivity index (χ0v) is 15.2. The molecule has 139 valence electrons. The van der Waals surface area contributed by atoms with Crippen LogP contribution in [0.5, 0.6) is 28.7 Å². The highest BCUT2D eigenvalue weighted by Crippen LogP contribution is 2.34. The first-order chi connectivity index (χ1) is 12.7. The minimum atomic E-state index is 0.0956. The van der Waals surface area contributed by atoms with Crippen LogP contribution >= 0.6 is 0 Å². The molecule has 1 aliphatic heterocycles. The number of phenolic OH excluding ortho intramolecular Hbond substituents is 1. The quantitative estimate of drug-likeness (QED) is 0.766. The van der Waals surface area contributed by atoms with Crippen molar-refractivity contribution in [2.24, 2.45) is 0 Å². The highest BCUT2D eigenvalue weighted by Gasteiger charge is 2.10. The fourth-order valence-electron chi connectivity index (χ4n) is 2.99. The Balaban J connectivity index is 1.52. The van der Waals surface area contributed by atoms with E-state index in [1.165, 1.54) is 44.5 Å². The average Bonchev–Trinajstić information content (AvgIpc) is 2.66. The van der Waals surface area contributed by atoms with Crippen molar-refractivity contribution in [3.8, 4) is 28.7 Å². The van der Waals surface area contributed by atoms with Crippen molar-refractivity contribution in [3.05, 3.63) is 42.5 Å². The van der Waals surface area contributed by atoms with E-state index in [0.29, 0.717) is 30.5 Å². The van der Waals surface area contributed by atoms with Crippen LogP contribution in [0, 0.1) is 6.07 Å².